The van der Waals surface area contributed by atoms with Crippen LogP contribution in [-0.2, 0) is 0 Å². The predicted molar refractivity (Wildman–Crippen MR) is 61.2 cm³/mol. The van der Waals surface area contributed by atoms with E-state index in [-0.39, 0.29) is 22.0 Å². The first-order chi connectivity index (χ1) is 6.83. The van der Waals surface area contributed by atoms with Crippen molar-refractivity contribution in [1.29, 1.82) is 0 Å². The third-order valence-corrected chi connectivity index (χ3v) is 3.43. The number of nitrogens with zero attached hydrogens (tertiary/aromatic N) is 1. The highest BCUT2D eigenvalue weighted by molar-refractivity contribution is 9.09. The number of aromatic nitrogens is 1. The summed E-state index contributed by atoms with van der Waals surface area (Å²) in [4.78, 5) is 11.9. The normalized spacial score (nSPS) is 13.7. The van der Waals surface area contributed by atoms with E-state index in [1.54, 1.807) is 13.0 Å². The lowest BCUT2D eigenvalue weighted by Gasteiger charge is -2.28. The predicted octanol–water partition coefficient (Wildman–Crippen LogP) is 2.27. The molecule has 1 rings (SSSR count). The van der Waals surface area contributed by atoms with E-state index in [1.807, 2.05) is 20.8 Å². The number of alkyl halides is 1. The summed E-state index contributed by atoms with van der Waals surface area (Å²) >= 11 is 3.44. The number of carbonyl (C=O) groups excluding carboxylic acids is 1. The lowest BCUT2D eigenvalue weighted by atomic mass is 10.0. The highest BCUT2D eigenvalue weighted by Crippen LogP contribution is 2.17. The summed E-state index contributed by atoms with van der Waals surface area (Å²) in [5, 5.41) is 6.53. The summed E-state index contributed by atoms with van der Waals surface area (Å²) in [5.41, 5.74) is 0.363. The van der Waals surface area contributed by atoms with Crippen molar-refractivity contribution in [3.63, 3.8) is 0 Å². The van der Waals surface area contributed by atoms with E-state index in [4.69, 9.17) is 4.52 Å². The maximum Gasteiger partial charge on any atom is 0.290 e. The van der Waals surface area contributed by atoms with Gasteiger partial charge in [-0.05, 0) is 20.8 Å². The summed E-state index contributed by atoms with van der Waals surface area (Å²) in [6, 6.07) is 1.62. The van der Waals surface area contributed by atoms with E-state index >= 15 is 0 Å². The van der Waals surface area contributed by atoms with Crippen LogP contribution in [0, 0.1) is 6.92 Å². The molecular weight excluding hydrogens is 260 g/mol. The lowest BCUT2D eigenvalue weighted by Crippen LogP contribution is -2.48. The van der Waals surface area contributed by atoms with Crippen LogP contribution in [0.3, 0.4) is 0 Å². The van der Waals surface area contributed by atoms with Gasteiger partial charge in [-0.25, -0.2) is 0 Å². The maximum atomic E-state index is 11.7. The van der Waals surface area contributed by atoms with Crippen LogP contribution in [0.2, 0.25) is 0 Å². The van der Waals surface area contributed by atoms with Gasteiger partial charge < -0.3 is 9.84 Å². The van der Waals surface area contributed by atoms with E-state index in [9.17, 15) is 4.79 Å². The van der Waals surface area contributed by atoms with Crippen LogP contribution in [-0.4, -0.2) is 21.4 Å². The number of rotatable bonds is 3. The molecule has 0 saturated carbocycles. The average molecular weight is 275 g/mol. The Hall–Kier alpha value is -0.840. The Balaban J connectivity index is 2.72. The fraction of sp³-hybridized carbons (Fsp3) is 0.600. The third-order valence-electron chi connectivity index (χ3n) is 2.28. The molecule has 1 aromatic heterocycles. The minimum atomic E-state index is -0.336. The Labute approximate surface area is 97.5 Å². The van der Waals surface area contributed by atoms with Crippen molar-refractivity contribution in [2.75, 3.05) is 0 Å². The van der Waals surface area contributed by atoms with Gasteiger partial charge in [-0.1, -0.05) is 28.0 Å². The van der Waals surface area contributed by atoms with Gasteiger partial charge in [0.25, 0.3) is 5.91 Å². The number of hydrogen-bond donors (Lipinski definition) is 1. The van der Waals surface area contributed by atoms with Crippen molar-refractivity contribution in [2.45, 2.75) is 38.1 Å². The molecule has 0 fully saturated rings. The van der Waals surface area contributed by atoms with E-state index < -0.39 is 0 Å². The minimum absolute atomic E-state index is 0.165. The van der Waals surface area contributed by atoms with Crippen LogP contribution in [0.25, 0.3) is 0 Å². The fourth-order valence-corrected chi connectivity index (χ4v) is 1.04. The van der Waals surface area contributed by atoms with Gasteiger partial charge >= 0.3 is 0 Å². The second kappa shape index (κ2) is 4.35. The number of halogens is 1. The monoisotopic (exact) mass is 274 g/mol. The maximum absolute atomic E-state index is 11.7. The zero-order valence-corrected chi connectivity index (χ0v) is 10.9. The van der Waals surface area contributed by atoms with Crippen LogP contribution in [0.15, 0.2) is 10.6 Å². The Morgan fingerprint density at radius 2 is 2.27 bits per heavy atom. The molecule has 15 heavy (non-hydrogen) atoms. The zero-order valence-electron chi connectivity index (χ0n) is 9.30. The number of amides is 1. The van der Waals surface area contributed by atoms with Crippen molar-refractivity contribution >= 4 is 21.8 Å². The molecule has 0 aliphatic rings. The molecule has 84 valence electrons. The number of nitrogens with one attached hydrogen (secondary N) is 1. The molecule has 5 heteroatoms. The quantitative estimate of drug-likeness (QED) is 0.861. The first-order valence-corrected chi connectivity index (χ1v) is 5.64. The van der Waals surface area contributed by atoms with Gasteiger partial charge in [0.1, 0.15) is 0 Å². The Morgan fingerprint density at radius 3 is 2.67 bits per heavy atom. The zero-order chi connectivity index (χ0) is 11.6. The molecular formula is C10H15BrN2O2. The molecule has 1 amide bonds. The summed E-state index contributed by atoms with van der Waals surface area (Å²) in [6.07, 6.45) is 0. The van der Waals surface area contributed by atoms with Gasteiger partial charge in [-0.15, -0.1) is 0 Å². The van der Waals surface area contributed by atoms with Crippen LogP contribution >= 0.6 is 15.9 Å². The topological polar surface area (TPSA) is 55.1 Å². The first kappa shape index (κ1) is 12.2. The first-order valence-electron chi connectivity index (χ1n) is 4.73. The molecule has 0 spiro atoms. The molecule has 1 atom stereocenters. The van der Waals surface area contributed by atoms with Crippen LogP contribution in [0.4, 0.5) is 0 Å². The van der Waals surface area contributed by atoms with Crippen LogP contribution < -0.4 is 5.32 Å². The Bertz CT molecular complexity index is 358. The highest BCUT2D eigenvalue weighted by Gasteiger charge is 2.27. The Morgan fingerprint density at radius 1 is 1.67 bits per heavy atom. The number of hydrogen-bond acceptors (Lipinski definition) is 3. The van der Waals surface area contributed by atoms with Crippen molar-refractivity contribution in [3.05, 3.63) is 17.5 Å². The van der Waals surface area contributed by atoms with Gasteiger partial charge in [-0.2, -0.15) is 0 Å². The smallest absolute Gasteiger partial charge is 0.290 e. The third kappa shape index (κ3) is 3.06. The average Bonchev–Trinajstić information content (AvgIpc) is 2.50. The molecule has 0 aliphatic heterocycles. The van der Waals surface area contributed by atoms with Gasteiger partial charge in [0, 0.05) is 16.4 Å². The molecule has 4 nitrogen and oxygen atoms in total. The summed E-state index contributed by atoms with van der Waals surface area (Å²) in [6.45, 7) is 7.63. The molecule has 1 N–H and O–H groups in total. The SMILES string of the molecule is Cc1cc(C(=O)NC(C)(C)C(C)Br)on1. The van der Waals surface area contributed by atoms with Gasteiger partial charge in [0.15, 0.2) is 0 Å². The van der Waals surface area contributed by atoms with Crippen molar-refractivity contribution in [3.8, 4) is 0 Å². The van der Waals surface area contributed by atoms with Crippen molar-refractivity contribution in [1.82, 2.24) is 10.5 Å². The van der Waals surface area contributed by atoms with E-state index in [1.165, 1.54) is 0 Å². The van der Waals surface area contributed by atoms with Crippen LogP contribution in [0.1, 0.15) is 37.0 Å². The summed E-state index contributed by atoms with van der Waals surface area (Å²) in [5.74, 6) is 0.000579. The molecule has 0 aromatic carbocycles. The Kier molecular flexibility index (Phi) is 3.54. The molecule has 0 saturated heterocycles. The molecule has 0 bridgehead atoms. The van der Waals surface area contributed by atoms with E-state index in [0.717, 1.165) is 0 Å². The molecule has 1 aromatic rings. The van der Waals surface area contributed by atoms with E-state index in [2.05, 4.69) is 26.4 Å². The number of aryl methyl sites for hydroxylation is 1. The molecule has 1 unspecified atom stereocenters. The largest absolute Gasteiger partial charge is 0.351 e. The van der Waals surface area contributed by atoms with E-state index in [0.29, 0.717) is 5.69 Å². The standard InChI is InChI=1S/C10H15BrN2O2/c1-6-5-8(15-13-6)9(14)12-10(3,4)7(2)11/h5,7H,1-4H3,(H,12,14). The highest BCUT2D eigenvalue weighted by atomic mass is 79.9. The molecule has 0 radical (unpaired) electrons. The second-order valence-electron chi connectivity index (χ2n) is 4.12. The summed E-state index contributed by atoms with van der Waals surface area (Å²) < 4.78 is 4.87. The molecule has 1 heterocycles. The van der Waals surface area contributed by atoms with Crippen molar-refractivity contribution < 1.29 is 9.32 Å². The van der Waals surface area contributed by atoms with Gasteiger partial charge in [0.2, 0.25) is 5.76 Å². The molecule has 0 aliphatic carbocycles. The van der Waals surface area contributed by atoms with Crippen LogP contribution in [0.5, 0.6) is 0 Å². The lowest BCUT2D eigenvalue weighted by molar-refractivity contribution is 0.0876. The second-order valence-corrected chi connectivity index (χ2v) is 5.50. The van der Waals surface area contributed by atoms with Gasteiger partial charge in [0.05, 0.1) is 5.69 Å². The minimum Gasteiger partial charge on any atom is -0.351 e. The van der Waals surface area contributed by atoms with Crippen molar-refractivity contribution in [2.24, 2.45) is 0 Å². The summed E-state index contributed by atoms with van der Waals surface area (Å²) in [7, 11) is 0. The number of carbonyl (C=O) groups is 1. The fourth-order valence-electron chi connectivity index (χ4n) is 0.924. The van der Waals surface area contributed by atoms with Gasteiger partial charge in [-0.3, -0.25) is 4.79 Å².